The van der Waals surface area contributed by atoms with E-state index in [2.05, 4.69) is 4.74 Å². The van der Waals surface area contributed by atoms with Crippen LogP contribution in [0.25, 0.3) is 0 Å². The summed E-state index contributed by atoms with van der Waals surface area (Å²) < 4.78 is 4.48. The van der Waals surface area contributed by atoms with Crippen molar-refractivity contribution in [2.45, 2.75) is 41.5 Å². The van der Waals surface area contributed by atoms with Crippen LogP contribution in [-0.2, 0) is 19.1 Å². The predicted octanol–water partition coefficient (Wildman–Crippen LogP) is -0.115. The predicted molar refractivity (Wildman–Crippen MR) is 72.1 cm³/mol. The molecule has 0 amide bonds. The van der Waals surface area contributed by atoms with Crippen LogP contribution >= 0.6 is 0 Å². The molecule has 0 aliphatic rings. The van der Waals surface area contributed by atoms with Crippen LogP contribution < -0.4 is 0 Å². The van der Waals surface area contributed by atoms with Crippen LogP contribution in [0.1, 0.15) is 41.5 Å². The quantitative estimate of drug-likeness (QED) is 0.246. The molecule has 0 N–H and O–H groups in total. The SMILES string of the molecule is CC(C)(C)C(=O)OC(=O)C(=O)C(C)(C)C.[BaH2].[SrH2]. The van der Waals surface area contributed by atoms with E-state index in [-0.39, 0.29) is 94.4 Å². The Morgan fingerprint density at radius 3 is 1.41 bits per heavy atom. The minimum atomic E-state index is -1.08. The van der Waals surface area contributed by atoms with Gasteiger partial charge in [-0.2, -0.15) is 0 Å². The first kappa shape index (κ1) is 23.9. The molecule has 0 aliphatic carbocycles. The normalized spacial score (nSPS) is 10.7. The molecule has 0 rings (SSSR count). The fourth-order valence-corrected chi connectivity index (χ4v) is 0.590. The second-order valence-electron chi connectivity index (χ2n) is 5.51. The van der Waals surface area contributed by atoms with Crippen molar-refractivity contribution >= 4 is 112 Å². The molecule has 0 aliphatic heterocycles. The topological polar surface area (TPSA) is 60.4 Å². The summed E-state index contributed by atoms with van der Waals surface area (Å²) in [4.78, 5) is 34.0. The van der Waals surface area contributed by atoms with Gasteiger partial charge in [0.05, 0.1) is 5.41 Å². The molecule has 0 aromatic rings. The third kappa shape index (κ3) is 9.40. The van der Waals surface area contributed by atoms with Crippen molar-refractivity contribution in [3.8, 4) is 0 Å². The summed E-state index contributed by atoms with van der Waals surface area (Å²) in [7, 11) is 0. The molecule has 6 heteroatoms. The van der Waals surface area contributed by atoms with Gasteiger partial charge in [0.1, 0.15) is 0 Å². The Morgan fingerprint density at radius 2 is 1.18 bits per heavy atom. The van der Waals surface area contributed by atoms with E-state index in [0.717, 1.165) is 0 Å². The van der Waals surface area contributed by atoms with Crippen LogP contribution in [0.5, 0.6) is 0 Å². The minimum absolute atomic E-state index is 0. The average molecular weight is 443 g/mol. The summed E-state index contributed by atoms with van der Waals surface area (Å²) in [6, 6.07) is 0. The molecule has 0 spiro atoms. The van der Waals surface area contributed by atoms with E-state index in [9.17, 15) is 14.4 Å². The number of ether oxygens (including phenoxy) is 1. The van der Waals surface area contributed by atoms with E-state index >= 15 is 0 Å². The molecule has 0 aromatic carbocycles. The molecule has 0 atom stereocenters. The summed E-state index contributed by atoms with van der Waals surface area (Å²) in [5.41, 5.74) is -1.61. The average Bonchev–Trinajstić information content (AvgIpc) is 1.99. The van der Waals surface area contributed by atoms with Crippen LogP contribution in [-0.4, -0.2) is 112 Å². The zero-order valence-electron chi connectivity index (χ0n) is 10.1. The number of hydrogen-bond acceptors (Lipinski definition) is 4. The third-order valence-corrected chi connectivity index (χ3v) is 1.66. The van der Waals surface area contributed by atoms with Crippen molar-refractivity contribution in [1.29, 1.82) is 0 Å². The number of Topliss-reactive ketones (excluding diaryl/α,β-unsaturated/α-hetero) is 1. The fraction of sp³-hybridized carbons (Fsp3) is 0.727. The summed E-state index contributed by atoms with van der Waals surface area (Å²) in [6.07, 6.45) is 0. The molecule has 0 fully saturated rings. The number of esters is 2. The molecule has 4 nitrogen and oxygen atoms in total. The molecule has 0 saturated heterocycles. The Hall–Kier alpha value is 1.86. The van der Waals surface area contributed by atoms with Crippen LogP contribution in [0.3, 0.4) is 0 Å². The maximum atomic E-state index is 11.4. The van der Waals surface area contributed by atoms with Crippen molar-refractivity contribution in [1.82, 2.24) is 0 Å². The summed E-state index contributed by atoms with van der Waals surface area (Å²) in [6.45, 7) is 9.63. The fourth-order valence-electron chi connectivity index (χ4n) is 0.590. The third-order valence-electron chi connectivity index (χ3n) is 1.66. The number of ketones is 1. The Kier molecular flexibility index (Phi) is 12.5. The van der Waals surface area contributed by atoms with Crippen molar-refractivity contribution in [3.63, 3.8) is 0 Å². The van der Waals surface area contributed by atoms with Gasteiger partial charge < -0.3 is 4.74 Å². The molecule has 0 radical (unpaired) electrons. The first-order valence-electron chi connectivity index (χ1n) is 4.77. The number of carbonyl (C=O) groups excluding carboxylic acids is 3. The van der Waals surface area contributed by atoms with E-state index < -0.39 is 28.6 Å². The van der Waals surface area contributed by atoms with E-state index in [1.54, 1.807) is 41.5 Å². The van der Waals surface area contributed by atoms with Crippen LogP contribution in [0.2, 0.25) is 0 Å². The Labute approximate surface area is 180 Å². The maximum absolute atomic E-state index is 11.4. The molecular weight excluding hydrogens is 421 g/mol. The van der Waals surface area contributed by atoms with Gasteiger partial charge in [0.15, 0.2) is 0 Å². The van der Waals surface area contributed by atoms with E-state index in [4.69, 9.17) is 0 Å². The van der Waals surface area contributed by atoms with Crippen molar-refractivity contribution < 1.29 is 19.1 Å². The van der Waals surface area contributed by atoms with Gasteiger partial charge in [-0.05, 0) is 20.8 Å². The van der Waals surface area contributed by atoms with Crippen LogP contribution in [0.4, 0.5) is 0 Å². The van der Waals surface area contributed by atoms with Gasteiger partial charge >= 0.3 is 106 Å². The molecule has 0 bridgehead atoms. The second-order valence-corrected chi connectivity index (χ2v) is 5.51. The Bertz CT molecular complexity index is 300. The molecule has 0 aromatic heterocycles. The molecule has 17 heavy (non-hydrogen) atoms. The van der Waals surface area contributed by atoms with Crippen molar-refractivity contribution in [2.24, 2.45) is 10.8 Å². The van der Waals surface area contributed by atoms with Gasteiger partial charge in [0.2, 0.25) is 5.78 Å². The number of rotatable bonds is 1. The summed E-state index contributed by atoms with van der Waals surface area (Å²) >= 11 is 0. The first-order chi connectivity index (χ1) is 6.46. The summed E-state index contributed by atoms with van der Waals surface area (Å²) in [5, 5.41) is 0. The Morgan fingerprint density at radius 1 is 0.824 bits per heavy atom. The van der Waals surface area contributed by atoms with Crippen molar-refractivity contribution in [3.05, 3.63) is 0 Å². The Balaban J connectivity index is -0.000000980. The first-order valence-corrected chi connectivity index (χ1v) is 4.77. The molecule has 0 saturated carbocycles. The molecule has 0 unspecified atom stereocenters. The number of carbonyl (C=O) groups is 3. The van der Waals surface area contributed by atoms with Gasteiger partial charge in [0.25, 0.3) is 0 Å². The second kappa shape index (κ2) is 8.92. The van der Waals surface area contributed by atoms with Gasteiger partial charge in [-0.15, -0.1) is 0 Å². The summed E-state index contributed by atoms with van der Waals surface area (Å²) in [5.74, 6) is -2.47. The van der Waals surface area contributed by atoms with E-state index in [0.29, 0.717) is 0 Å². The molecule has 94 valence electrons. The molecule has 0 heterocycles. The van der Waals surface area contributed by atoms with Gasteiger partial charge in [-0.25, -0.2) is 4.79 Å². The monoisotopic (exact) mass is 444 g/mol. The van der Waals surface area contributed by atoms with Gasteiger partial charge in [-0.3, -0.25) is 9.59 Å². The van der Waals surface area contributed by atoms with Gasteiger partial charge in [0, 0.05) is 5.41 Å². The van der Waals surface area contributed by atoms with Gasteiger partial charge in [-0.1, -0.05) is 20.8 Å². The van der Waals surface area contributed by atoms with E-state index in [1.165, 1.54) is 0 Å². The van der Waals surface area contributed by atoms with Crippen molar-refractivity contribution in [2.75, 3.05) is 0 Å². The number of hydrogen-bond donors (Lipinski definition) is 0. The van der Waals surface area contributed by atoms with Crippen LogP contribution in [0, 0.1) is 10.8 Å². The zero-order valence-corrected chi connectivity index (χ0v) is 10.1. The van der Waals surface area contributed by atoms with Crippen LogP contribution in [0.15, 0.2) is 0 Å². The zero-order chi connectivity index (χ0) is 12.4. The standard InChI is InChI=1S/C11H18O4.Ba.Sr.4H/c1-10(2,3)7(12)8(13)15-9(14)11(4,5)6;;;;;;/h1-6H3;;;;;;. The van der Waals surface area contributed by atoms with E-state index in [1.807, 2.05) is 0 Å². The molecular formula is C11H22BaO4Sr.